The lowest BCUT2D eigenvalue weighted by molar-refractivity contribution is 0.356. The summed E-state index contributed by atoms with van der Waals surface area (Å²) in [6.07, 6.45) is 1.84. The topological polar surface area (TPSA) is 21.3 Å². The molecule has 0 saturated carbocycles. The van der Waals surface area contributed by atoms with Crippen LogP contribution in [-0.2, 0) is 12.8 Å². The van der Waals surface area contributed by atoms with Gasteiger partial charge in [-0.1, -0.05) is 31.2 Å². The van der Waals surface area contributed by atoms with E-state index in [4.69, 9.17) is 4.74 Å². The summed E-state index contributed by atoms with van der Waals surface area (Å²) in [7, 11) is 0. The van der Waals surface area contributed by atoms with Crippen LogP contribution in [0, 0.1) is 5.82 Å². The van der Waals surface area contributed by atoms with Crippen LogP contribution < -0.4 is 10.1 Å². The first kappa shape index (κ1) is 14.1. The number of nitrogens with one attached hydrogen (secondary N) is 1. The zero-order chi connectivity index (χ0) is 14.7. The van der Waals surface area contributed by atoms with E-state index in [0.29, 0.717) is 0 Å². The molecule has 1 aliphatic heterocycles. The van der Waals surface area contributed by atoms with Crippen LogP contribution in [0.5, 0.6) is 5.75 Å². The van der Waals surface area contributed by atoms with Gasteiger partial charge >= 0.3 is 0 Å². The van der Waals surface area contributed by atoms with Gasteiger partial charge in [-0.25, -0.2) is 4.39 Å². The average molecular weight is 285 g/mol. The van der Waals surface area contributed by atoms with Crippen LogP contribution in [0.25, 0.3) is 0 Å². The minimum Gasteiger partial charge on any atom is -0.493 e. The summed E-state index contributed by atoms with van der Waals surface area (Å²) in [5.74, 6) is 0.823. The monoisotopic (exact) mass is 285 g/mol. The van der Waals surface area contributed by atoms with E-state index in [1.165, 1.54) is 23.3 Å². The molecule has 2 aromatic carbocycles. The van der Waals surface area contributed by atoms with Crippen molar-refractivity contribution in [1.82, 2.24) is 5.32 Å². The second kappa shape index (κ2) is 6.27. The minimum absolute atomic E-state index is 0.187. The van der Waals surface area contributed by atoms with Gasteiger partial charge in [0.25, 0.3) is 0 Å². The van der Waals surface area contributed by atoms with Gasteiger partial charge in [-0.2, -0.15) is 0 Å². The Balaban J connectivity index is 1.82. The van der Waals surface area contributed by atoms with Crippen molar-refractivity contribution in [3.05, 3.63) is 65.0 Å². The van der Waals surface area contributed by atoms with E-state index in [1.54, 1.807) is 0 Å². The zero-order valence-electron chi connectivity index (χ0n) is 12.2. The van der Waals surface area contributed by atoms with Crippen molar-refractivity contribution in [2.45, 2.75) is 25.8 Å². The van der Waals surface area contributed by atoms with Crippen molar-refractivity contribution in [2.75, 3.05) is 13.2 Å². The number of halogens is 1. The third kappa shape index (κ3) is 3.24. The molecule has 0 amide bonds. The Bertz CT molecular complexity index is 609. The van der Waals surface area contributed by atoms with Crippen LogP contribution in [0.15, 0.2) is 42.5 Å². The quantitative estimate of drug-likeness (QED) is 0.905. The summed E-state index contributed by atoms with van der Waals surface area (Å²) in [6, 6.07) is 13.4. The van der Waals surface area contributed by atoms with Crippen molar-refractivity contribution in [3.8, 4) is 5.75 Å². The second-order valence-electron chi connectivity index (χ2n) is 5.41. The standard InChI is InChI=1S/C18H20FNO/c1-2-20-17(11-13-3-6-16(19)7-4-13)14-5-8-18-15(12-14)9-10-21-18/h3-8,12,17,20H,2,9-11H2,1H3. The van der Waals surface area contributed by atoms with Gasteiger partial charge in [-0.3, -0.25) is 0 Å². The molecule has 1 heterocycles. The van der Waals surface area contributed by atoms with Gasteiger partial charge in [0, 0.05) is 12.5 Å². The molecule has 3 rings (SSSR count). The lowest BCUT2D eigenvalue weighted by atomic mass is 9.96. The lowest BCUT2D eigenvalue weighted by Gasteiger charge is -2.19. The fraction of sp³-hybridized carbons (Fsp3) is 0.333. The summed E-state index contributed by atoms with van der Waals surface area (Å²) in [5.41, 5.74) is 3.69. The number of hydrogen-bond acceptors (Lipinski definition) is 2. The van der Waals surface area contributed by atoms with E-state index in [2.05, 4.69) is 30.4 Å². The second-order valence-corrected chi connectivity index (χ2v) is 5.41. The number of ether oxygens (including phenoxy) is 1. The first-order chi connectivity index (χ1) is 10.3. The number of benzene rings is 2. The minimum atomic E-state index is -0.187. The van der Waals surface area contributed by atoms with E-state index in [0.717, 1.165) is 37.3 Å². The average Bonchev–Trinajstić information content (AvgIpc) is 2.96. The van der Waals surface area contributed by atoms with Crippen LogP contribution in [-0.4, -0.2) is 13.2 Å². The van der Waals surface area contributed by atoms with Gasteiger partial charge in [0.15, 0.2) is 0 Å². The molecule has 0 fully saturated rings. The molecule has 110 valence electrons. The maximum Gasteiger partial charge on any atom is 0.123 e. The highest BCUT2D eigenvalue weighted by Gasteiger charge is 2.17. The summed E-state index contributed by atoms with van der Waals surface area (Å²) in [6.45, 7) is 3.79. The molecule has 0 spiro atoms. The largest absolute Gasteiger partial charge is 0.493 e. The van der Waals surface area contributed by atoms with Gasteiger partial charge in [-0.15, -0.1) is 0 Å². The fourth-order valence-corrected chi connectivity index (χ4v) is 2.83. The number of rotatable bonds is 5. The Morgan fingerprint density at radius 3 is 2.76 bits per heavy atom. The Hall–Kier alpha value is -1.87. The number of likely N-dealkylation sites (N-methyl/N-ethyl adjacent to an activating group) is 1. The molecule has 3 heteroatoms. The van der Waals surface area contributed by atoms with E-state index < -0.39 is 0 Å². The van der Waals surface area contributed by atoms with Gasteiger partial charge in [0.05, 0.1) is 6.61 Å². The van der Waals surface area contributed by atoms with Crippen molar-refractivity contribution >= 4 is 0 Å². The summed E-state index contributed by atoms with van der Waals surface area (Å²) in [4.78, 5) is 0. The summed E-state index contributed by atoms with van der Waals surface area (Å²) < 4.78 is 18.6. The van der Waals surface area contributed by atoms with Crippen LogP contribution in [0.2, 0.25) is 0 Å². The van der Waals surface area contributed by atoms with Crippen molar-refractivity contribution < 1.29 is 9.13 Å². The maximum absolute atomic E-state index is 13.0. The van der Waals surface area contributed by atoms with E-state index >= 15 is 0 Å². The van der Waals surface area contributed by atoms with Crippen molar-refractivity contribution in [1.29, 1.82) is 0 Å². The molecule has 0 bridgehead atoms. The summed E-state index contributed by atoms with van der Waals surface area (Å²) in [5, 5.41) is 3.52. The molecular weight excluding hydrogens is 265 g/mol. The zero-order valence-corrected chi connectivity index (χ0v) is 12.2. The predicted octanol–water partition coefficient (Wildman–Crippen LogP) is 3.65. The smallest absolute Gasteiger partial charge is 0.123 e. The van der Waals surface area contributed by atoms with Crippen LogP contribution in [0.3, 0.4) is 0 Å². The highest BCUT2D eigenvalue weighted by Crippen LogP contribution is 2.29. The lowest BCUT2D eigenvalue weighted by Crippen LogP contribution is -2.23. The van der Waals surface area contributed by atoms with Crippen molar-refractivity contribution in [2.24, 2.45) is 0 Å². The molecule has 2 nitrogen and oxygen atoms in total. The van der Waals surface area contributed by atoms with Gasteiger partial charge < -0.3 is 10.1 Å². The first-order valence-electron chi connectivity index (χ1n) is 7.49. The normalized spacial score (nSPS) is 14.6. The molecule has 1 atom stereocenters. The Kier molecular flexibility index (Phi) is 4.20. The maximum atomic E-state index is 13.0. The van der Waals surface area contributed by atoms with Crippen LogP contribution in [0.1, 0.15) is 29.7 Å². The molecule has 0 aromatic heterocycles. The predicted molar refractivity (Wildman–Crippen MR) is 82.2 cm³/mol. The van der Waals surface area contributed by atoms with E-state index in [1.807, 2.05) is 12.1 Å². The highest BCUT2D eigenvalue weighted by molar-refractivity contribution is 5.41. The Morgan fingerprint density at radius 2 is 2.00 bits per heavy atom. The highest BCUT2D eigenvalue weighted by atomic mass is 19.1. The van der Waals surface area contributed by atoms with Crippen molar-refractivity contribution in [3.63, 3.8) is 0 Å². The van der Waals surface area contributed by atoms with E-state index in [-0.39, 0.29) is 11.9 Å². The SMILES string of the molecule is CCNC(Cc1ccc(F)cc1)c1ccc2c(c1)CCO2. The molecule has 0 saturated heterocycles. The van der Waals surface area contributed by atoms with Crippen LogP contribution >= 0.6 is 0 Å². The van der Waals surface area contributed by atoms with Gasteiger partial charge in [0.2, 0.25) is 0 Å². The number of hydrogen-bond donors (Lipinski definition) is 1. The van der Waals surface area contributed by atoms with Gasteiger partial charge in [0.1, 0.15) is 11.6 Å². The molecule has 1 aliphatic rings. The molecule has 1 N–H and O–H groups in total. The van der Waals surface area contributed by atoms with Gasteiger partial charge in [-0.05, 0) is 47.9 Å². The molecule has 0 aliphatic carbocycles. The molecule has 2 aromatic rings. The molecule has 21 heavy (non-hydrogen) atoms. The molecule has 1 unspecified atom stereocenters. The summed E-state index contributed by atoms with van der Waals surface area (Å²) >= 11 is 0. The Morgan fingerprint density at radius 1 is 1.19 bits per heavy atom. The number of fused-ring (bicyclic) bond motifs is 1. The van der Waals surface area contributed by atoms with E-state index in [9.17, 15) is 4.39 Å². The third-order valence-corrected chi connectivity index (χ3v) is 3.92. The first-order valence-corrected chi connectivity index (χ1v) is 7.49. The van der Waals surface area contributed by atoms with Crippen LogP contribution in [0.4, 0.5) is 4.39 Å². The molecular formula is C18H20FNO. The third-order valence-electron chi connectivity index (χ3n) is 3.92. The molecule has 0 radical (unpaired) electrons. The fourth-order valence-electron chi connectivity index (χ4n) is 2.83. The Labute approximate surface area is 125 Å².